The molecular weight excluding hydrogens is 713 g/mol. The lowest BCUT2D eigenvalue weighted by molar-refractivity contribution is -0.138. The fourth-order valence-corrected chi connectivity index (χ4v) is 9.50. The summed E-state index contributed by atoms with van der Waals surface area (Å²) in [6.07, 6.45) is 2.30. The number of ether oxygens (including phenoxy) is 1. The molecule has 4 aromatic rings. The highest BCUT2D eigenvalue weighted by atomic mass is 35.5. The van der Waals surface area contributed by atoms with E-state index in [-0.39, 0.29) is 46.1 Å². The lowest BCUT2D eigenvalue weighted by atomic mass is 9.49. The number of amides is 4. The van der Waals surface area contributed by atoms with Crippen molar-refractivity contribution in [3.63, 3.8) is 0 Å². The van der Waals surface area contributed by atoms with Crippen LogP contribution < -0.4 is 15.1 Å². The Bertz CT molecular complexity index is 2160. The topological polar surface area (TPSA) is 116 Å². The number of halogens is 3. The van der Waals surface area contributed by atoms with E-state index in [9.17, 15) is 19.5 Å². The monoisotopic (exact) mass is 741 g/mol. The number of rotatable bonds is 6. The molecule has 0 radical (unpaired) electrons. The maximum atomic E-state index is 15.3. The molecule has 2 heterocycles. The molecule has 6 atom stereocenters. The zero-order chi connectivity index (χ0) is 35.8. The molecule has 258 valence electrons. The van der Waals surface area contributed by atoms with Crippen molar-refractivity contribution in [1.29, 1.82) is 0 Å². The molecule has 6 unspecified atom stereocenters. The van der Waals surface area contributed by atoms with Crippen LogP contribution in [0.2, 0.25) is 15.1 Å². The maximum absolute atomic E-state index is 15.3. The molecule has 2 N–H and O–H groups in total. The van der Waals surface area contributed by atoms with Crippen molar-refractivity contribution in [2.45, 2.75) is 24.2 Å². The lowest BCUT2D eigenvalue weighted by Crippen LogP contribution is -2.53. The first kappa shape index (κ1) is 33.3. The van der Waals surface area contributed by atoms with Crippen molar-refractivity contribution < 1.29 is 29.0 Å². The largest absolute Gasteiger partial charge is 0.508 e. The number of fused-ring (bicyclic) bond motifs is 4. The van der Waals surface area contributed by atoms with Crippen molar-refractivity contribution in [1.82, 2.24) is 5.01 Å². The van der Waals surface area contributed by atoms with Gasteiger partial charge < -0.3 is 9.84 Å². The first-order valence-electron chi connectivity index (χ1n) is 16.4. The number of allylic oxidation sites excluding steroid dienone is 2. The summed E-state index contributed by atoms with van der Waals surface area (Å²) >= 11 is 19.6. The number of hydrogen-bond acceptors (Lipinski definition) is 7. The van der Waals surface area contributed by atoms with Crippen LogP contribution in [-0.2, 0) is 24.6 Å². The molecule has 12 heteroatoms. The molecule has 4 aromatic carbocycles. The molecule has 0 spiro atoms. The number of phenols is 1. The number of carbonyl (C=O) groups is 4. The van der Waals surface area contributed by atoms with E-state index in [1.54, 1.807) is 66.7 Å². The van der Waals surface area contributed by atoms with Gasteiger partial charge >= 0.3 is 0 Å². The van der Waals surface area contributed by atoms with Crippen LogP contribution in [0.5, 0.6) is 11.5 Å². The summed E-state index contributed by atoms with van der Waals surface area (Å²) in [4.78, 5) is 59.7. The van der Waals surface area contributed by atoms with Crippen LogP contribution in [0.15, 0.2) is 103 Å². The van der Waals surface area contributed by atoms with E-state index in [1.807, 2.05) is 12.1 Å². The average molecular weight is 743 g/mol. The molecule has 0 bridgehead atoms. The van der Waals surface area contributed by atoms with E-state index >= 15 is 4.79 Å². The van der Waals surface area contributed by atoms with Gasteiger partial charge in [0.05, 0.1) is 46.7 Å². The van der Waals surface area contributed by atoms with Crippen LogP contribution in [0.1, 0.15) is 29.9 Å². The van der Waals surface area contributed by atoms with Gasteiger partial charge in [0.2, 0.25) is 11.8 Å². The molecule has 2 saturated heterocycles. The summed E-state index contributed by atoms with van der Waals surface area (Å²) in [5, 5.41) is 12.2. The van der Waals surface area contributed by atoms with Crippen LogP contribution in [0.3, 0.4) is 0 Å². The van der Waals surface area contributed by atoms with Crippen molar-refractivity contribution in [2.75, 3.05) is 17.4 Å². The number of phenolic OH excluding ortho intramolecular Hbond substituents is 1. The molecule has 1 saturated carbocycles. The normalized spacial score (nSPS) is 26.8. The Kier molecular flexibility index (Phi) is 8.13. The number of nitrogens with zero attached hydrogens (tertiary/aromatic N) is 2. The Labute approximate surface area is 308 Å². The van der Waals surface area contributed by atoms with Gasteiger partial charge in [0, 0.05) is 16.0 Å². The molecule has 2 aliphatic heterocycles. The Morgan fingerprint density at radius 3 is 2.25 bits per heavy atom. The van der Waals surface area contributed by atoms with Crippen molar-refractivity contribution in [3.05, 3.63) is 129 Å². The van der Waals surface area contributed by atoms with Gasteiger partial charge in [0.1, 0.15) is 11.5 Å². The number of nitrogens with one attached hydrogen (secondary N) is 1. The number of benzene rings is 4. The number of carbonyl (C=O) groups excluding carboxylic acids is 4. The van der Waals surface area contributed by atoms with E-state index in [1.165, 1.54) is 30.2 Å². The third kappa shape index (κ3) is 4.97. The maximum Gasteiger partial charge on any atom is 0.260 e. The zero-order valence-corrected chi connectivity index (χ0v) is 29.3. The Balaban J connectivity index is 1.34. The minimum absolute atomic E-state index is 0.0755. The molecular formula is C39H30Cl3N3O6. The van der Waals surface area contributed by atoms with Crippen molar-refractivity contribution in [2.24, 2.45) is 23.7 Å². The van der Waals surface area contributed by atoms with Gasteiger partial charge in [-0.25, -0.2) is 0 Å². The predicted molar refractivity (Wildman–Crippen MR) is 193 cm³/mol. The Morgan fingerprint density at radius 2 is 1.57 bits per heavy atom. The number of anilines is 2. The molecule has 51 heavy (non-hydrogen) atoms. The summed E-state index contributed by atoms with van der Waals surface area (Å²) in [6.45, 7) is 0. The van der Waals surface area contributed by atoms with E-state index in [0.29, 0.717) is 27.6 Å². The number of imide groups is 2. The van der Waals surface area contributed by atoms with Crippen molar-refractivity contribution in [3.8, 4) is 11.5 Å². The summed E-state index contributed by atoms with van der Waals surface area (Å²) in [7, 11) is 1.54. The smallest absolute Gasteiger partial charge is 0.260 e. The highest BCUT2D eigenvalue weighted by molar-refractivity contribution is 6.36. The van der Waals surface area contributed by atoms with E-state index in [2.05, 4.69) is 5.43 Å². The van der Waals surface area contributed by atoms with Gasteiger partial charge in [0.25, 0.3) is 11.8 Å². The Morgan fingerprint density at radius 1 is 0.824 bits per heavy atom. The van der Waals surface area contributed by atoms with Crippen molar-refractivity contribution >= 4 is 69.8 Å². The number of aromatic hydroxyl groups is 1. The first-order chi connectivity index (χ1) is 24.6. The van der Waals surface area contributed by atoms with E-state index < -0.39 is 46.8 Å². The summed E-state index contributed by atoms with van der Waals surface area (Å²) < 4.78 is 5.45. The average Bonchev–Trinajstić information content (AvgIpc) is 3.50. The van der Waals surface area contributed by atoms with Gasteiger partial charge in [0.15, 0.2) is 0 Å². The number of hydrazine groups is 1. The standard InChI is InChI=1S/C39H30Cl3N3O6/c1-51-24-11-7-20(8-12-24)39-29(36(48)45(38(39)50)43-32-16-9-21(40)17-31(32)42)19-28-25(34(39)26-13-10-23(46)18-30(26)41)14-15-27-33(28)37(49)44(35(27)47)22-5-3-2-4-6-22/h2-14,16-18,27-29,33-34,43,46H,15,19H2,1H3. The molecule has 0 aromatic heterocycles. The molecule has 3 fully saturated rings. The van der Waals surface area contributed by atoms with Gasteiger partial charge in [-0.1, -0.05) is 82.9 Å². The molecule has 4 aliphatic rings. The third-order valence-electron chi connectivity index (χ3n) is 10.9. The number of hydrogen-bond donors (Lipinski definition) is 2. The predicted octanol–water partition coefficient (Wildman–Crippen LogP) is 7.55. The molecule has 2 aliphatic carbocycles. The quantitative estimate of drug-likeness (QED) is 0.155. The minimum atomic E-state index is -1.57. The van der Waals surface area contributed by atoms with Crippen LogP contribution in [-0.4, -0.2) is 40.9 Å². The second kappa shape index (κ2) is 12.4. The zero-order valence-electron chi connectivity index (χ0n) is 27.1. The highest BCUT2D eigenvalue weighted by Crippen LogP contribution is 2.65. The highest BCUT2D eigenvalue weighted by Gasteiger charge is 2.70. The number of para-hydroxylation sites is 1. The Hall–Kier alpha value is -4.83. The SMILES string of the molecule is COc1ccc(C23C(=O)N(Nc4ccc(Cl)cc4Cl)C(=O)C2CC2C(=CCC4C(=O)N(c5ccccc5)C(=O)C42)C3c2ccc(O)cc2Cl)cc1. The second-order valence-corrected chi connectivity index (χ2v) is 14.5. The molecule has 9 nitrogen and oxygen atoms in total. The lowest BCUT2D eigenvalue weighted by Gasteiger charge is -2.50. The molecule has 4 amide bonds. The van der Waals surface area contributed by atoms with E-state index in [0.717, 1.165) is 10.6 Å². The van der Waals surface area contributed by atoms with Gasteiger partial charge in [-0.3, -0.25) is 29.5 Å². The van der Waals surface area contributed by atoms with E-state index in [4.69, 9.17) is 39.5 Å². The molecule has 8 rings (SSSR count). The van der Waals surface area contributed by atoms with Crippen LogP contribution in [0.25, 0.3) is 0 Å². The van der Waals surface area contributed by atoms with Gasteiger partial charge in [-0.15, -0.1) is 0 Å². The van der Waals surface area contributed by atoms with Crippen LogP contribution in [0.4, 0.5) is 11.4 Å². The second-order valence-electron chi connectivity index (χ2n) is 13.3. The van der Waals surface area contributed by atoms with Gasteiger partial charge in [-0.2, -0.15) is 5.01 Å². The third-order valence-corrected chi connectivity index (χ3v) is 11.8. The fraction of sp³-hybridized carbons (Fsp3) is 0.231. The van der Waals surface area contributed by atoms with Gasteiger partial charge in [-0.05, 0) is 84.5 Å². The van der Waals surface area contributed by atoms with Crippen LogP contribution >= 0.6 is 34.8 Å². The van der Waals surface area contributed by atoms with Crippen LogP contribution in [0, 0.1) is 23.7 Å². The summed E-state index contributed by atoms with van der Waals surface area (Å²) in [5.74, 6) is -5.15. The number of methoxy groups -OCH3 is 1. The summed E-state index contributed by atoms with van der Waals surface area (Å²) in [6, 6.07) is 25.0. The fourth-order valence-electron chi connectivity index (χ4n) is 8.77. The first-order valence-corrected chi connectivity index (χ1v) is 17.6. The minimum Gasteiger partial charge on any atom is -0.508 e. The summed E-state index contributed by atoms with van der Waals surface area (Å²) in [5.41, 5.74) is 3.93.